The van der Waals surface area contributed by atoms with Crippen molar-refractivity contribution in [2.24, 2.45) is 0 Å². The van der Waals surface area contributed by atoms with E-state index in [2.05, 4.69) is 291 Å². The monoisotopic (exact) mass is 2130 g/mol. The fourth-order valence-electron chi connectivity index (χ4n) is 4.55. The van der Waals surface area contributed by atoms with Gasteiger partial charge in [-0.1, -0.05) is 707 Å². The van der Waals surface area contributed by atoms with Crippen LogP contribution in [0.5, 0.6) is 0 Å². The van der Waals surface area contributed by atoms with Gasteiger partial charge in [0.05, 0.1) is 44.8 Å². The molecular formula is C132H358B4O9. The van der Waals surface area contributed by atoms with Crippen LogP contribution in [0, 0.1) is 0 Å². The molecule has 4 fully saturated rings. The molecule has 0 aromatic heterocycles. The molecule has 145 heavy (non-hydrogen) atoms. The highest BCUT2D eigenvalue weighted by Gasteiger charge is 2.51. The Balaban J connectivity index is -0.0000000160. The Kier molecular flexibility index (Phi) is 951. The fourth-order valence-corrected chi connectivity index (χ4v) is 4.55. The first-order valence-electron chi connectivity index (χ1n) is 65.5. The quantitative estimate of drug-likeness (QED) is 0.220. The van der Waals surface area contributed by atoms with Crippen LogP contribution < -0.4 is 0 Å². The summed E-state index contributed by atoms with van der Waals surface area (Å²) in [6, 6.07) is 0. The number of carbonyl (C=O) groups excluding carboxylic acids is 1. The molecule has 4 heterocycles. The van der Waals surface area contributed by atoms with Gasteiger partial charge in [0.15, 0.2) is 0 Å². The molecule has 4 aliphatic rings. The van der Waals surface area contributed by atoms with Crippen LogP contribution in [0.3, 0.4) is 0 Å². The van der Waals surface area contributed by atoms with Gasteiger partial charge < -0.3 is 42.0 Å². The normalized spacial score (nSPS) is 11.0. The highest BCUT2D eigenvalue weighted by atomic mass is 16.7. The maximum absolute atomic E-state index is 8.00. The summed E-state index contributed by atoms with van der Waals surface area (Å²) >= 11 is 0. The van der Waals surface area contributed by atoms with E-state index in [1.807, 2.05) is 477 Å². The van der Waals surface area contributed by atoms with E-state index in [0.29, 0.717) is 0 Å². The van der Waals surface area contributed by atoms with Crippen molar-refractivity contribution in [1.29, 1.82) is 0 Å². The second-order valence-corrected chi connectivity index (χ2v) is 24.5. The molecule has 0 radical (unpaired) electrons. The predicted octanol–water partition coefficient (Wildman–Crippen LogP) is 57.9. The first kappa shape index (κ1) is 307. The van der Waals surface area contributed by atoms with Crippen molar-refractivity contribution in [3.8, 4) is 0 Å². The molecule has 0 unspecified atom stereocenters. The van der Waals surface area contributed by atoms with Gasteiger partial charge in [-0.2, -0.15) is 0 Å². The second-order valence-electron chi connectivity index (χ2n) is 24.5. The van der Waals surface area contributed by atoms with Gasteiger partial charge in [0.2, 0.25) is 0 Å². The Morgan fingerprint density at radius 3 is 0.138 bits per heavy atom. The molecule has 4 rings (SSSR count). The lowest BCUT2D eigenvalue weighted by Crippen LogP contribution is -2.41. The third-order valence-electron chi connectivity index (χ3n) is 9.48. The van der Waals surface area contributed by atoms with Gasteiger partial charge in [0.25, 0.3) is 0 Å². The third kappa shape index (κ3) is 504. The van der Waals surface area contributed by atoms with Crippen molar-refractivity contribution in [2.45, 2.75) is 889 Å². The van der Waals surface area contributed by atoms with E-state index in [0.717, 1.165) is 0 Å². The highest BCUT2D eigenvalue weighted by Crippen LogP contribution is 2.39. The van der Waals surface area contributed by atoms with Crippen molar-refractivity contribution in [1.82, 2.24) is 0 Å². The molecule has 0 spiro atoms. The van der Waals surface area contributed by atoms with Gasteiger partial charge in [0, 0.05) is 0 Å². The summed E-state index contributed by atoms with van der Waals surface area (Å²) < 4.78 is 44.3. The molecule has 0 atom stereocenters. The predicted molar refractivity (Wildman–Crippen MR) is 746 cm³/mol. The lowest BCUT2D eigenvalue weighted by Gasteiger charge is -2.32. The molecule has 0 aromatic carbocycles. The summed E-state index contributed by atoms with van der Waals surface area (Å²) in [5.41, 5.74) is -1.28. The summed E-state index contributed by atoms with van der Waals surface area (Å²) in [7, 11) is -0.259. The smallest absolute Gasteiger partial charge is 0.403 e. The molecule has 0 amide bonds. The zero-order valence-corrected chi connectivity index (χ0v) is 130. The summed E-state index contributed by atoms with van der Waals surface area (Å²) in [5, 5.41) is 0. The topological polar surface area (TPSA) is 90.9 Å². The second kappa shape index (κ2) is 449. The molecule has 0 aliphatic carbocycles. The van der Waals surface area contributed by atoms with E-state index in [9.17, 15) is 0 Å². The van der Waals surface area contributed by atoms with Crippen LogP contribution in [0.4, 0.5) is 0 Å². The van der Waals surface area contributed by atoms with Gasteiger partial charge in [-0.25, -0.2) is 0 Å². The lowest BCUT2D eigenvalue weighted by molar-refractivity contribution is -0.0980. The van der Waals surface area contributed by atoms with E-state index in [1.165, 1.54) is 83.5 Å². The first-order valence-corrected chi connectivity index (χ1v) is 65.5. The van der Waals surface area contributed by atoms with Gasteiger partial charge in [-0.15, -0.1) is 0 Å². The average molecular weight is 2130 g/mol. The maximum Gasteiger partial charge on any atom is 0.454 e. The van der Waals surface area contributed by atoms with E-state index < -0.39 is 0 Å². The molecule has 9 nitrogen and oxygen atoms in total. The number of carbonyl (C=O) groups is 1. The van der Waals surface area contributed by atoms with Crippen molar-refractivity contribution in [3.63, 3.8) is 0 Å². The minimum absolute atomic E-state index is 0.0648. The Hall–Kier alpha value is -0.390. The van der Waals surface area contributed by atoms with Gasteiger partial charge in [0.1, 0.15) is 6.79 Å². The molecule has 0 N–H and O–H groups in total. The molecule has 0 aromatic rings. The minimum atomic E-state index is -0.160. The molecule has 0 bridgehead atoms. The van der Waals surface area contributed by atoms with Crippen LogP contribution in [0.2, 0.25) is 27.3 Å². The summed E-state index contributed by atoms with van der Waals surface area (Å²) in [6.07, 6.45) is 16.2. The largest absolute Gasteiger partial charge is 0.454 e. The zero-order chi connectivity index (χ0) is 133. The molecule has 952 valence electrons. The minimum Gasteiger partial charge on any atom is -0.403 e. The van der Waals surface area contributed by atoms with Crippen molar-refractivity contribution in [2.75, 3.05) is 0 Å². The number of hydrogen-bond acceptors (Lipinski definition) is 9. The van der Waals surface area contributed by atoms with Crippen LogP contribution in [-0.4, -0.2) is 80.1 Å². The third-order valence-corrected chi connectivity index (χ3v) is 9.48. The van der Waals surface area contributed by atoms with Crippen LogP contribution in [0.25, 0.3) is 0 Å². The van der Waals surface area contributed by atoms with E-state index in [4.69, 9.17) is 42.0 Å². The van der Waals surface area contributed by atoms with Crippen molar-refractivity contribution < 1.29 is 42.0 Å². The molecule has 4 saturated heterocycles. The molecule has 0 saturated carbocycles. The Morgan fingerprint density at radius 1 is 0.110 bits per heavy atom. The molecule has 4 aliphatic heterocycles. The van der Waals surface area contributed by atoms with E-state index >= 15 is 0 Å². The van der Waals surface area contributed by atoms with Crippen LogP contribution >= 0.6 is 0 Å². The molecule has 13 heteroatoms. The van der Waals surface area contributed by atoms with Gasteiger partial charge >= 0.3 is 28.5 Å². The van der Waals surface area contributed by atoms with E-state index in [1.54, 1.807) is 0 Å². The van der Waals surface area contributed by atoms with Crippen LogP contribution in [0.15, 0.2) is 0 Å². The first-order chi connectivity index (χ1) is 68.8. The number of hydrogen-bond donors (Lipinski definition) is 0. The van der Waals surface area contributed by atoms with Crippen molar-refractivity contribution in [3.05, 3.63) is 0 Å². The van der Waals surface area contributed by atoms with Crippen LogP contribution in [-0.2, 0) is 42.0 Å². The lowest BCUT2D eigenvalue weighted by atomic mass is 9.90. The zero-order valence-electron chi connectivity index (χ0n) is 130. The maximum atomic E-state index is 8.00. The van der Waals surface area contributed by atoms with Crippen LogP contribution in [0.1, 0.15) is 817 Å². The Labute approximate surface area is 960 Å². The highest BCUT2D eigenvalue weighted by molar-refractivity contribution is 6.44. The van der Waals surface area contributed by atoms with Gasteiger partial charge in [-0.05, 0) is 138 Å². The standard InChI is InChI=1S/4C7H15BO2.13C3H8.32C2H6.CH2O/c4*1-6(2)7(3,4)10-8(5)9-6;13*1-3-2;33*1-2/h4*1-5H3;13*3H2,1-2H3;32*1-2H3;1H2. The Morgan fingerprint density at radius 2 is 0.131 bits per heavy atom. The number of rotatable bonds is 0. The molecular weight excluding hydrogens is 1770 g/mol. The van der Waals surface area contributed by atoms with Gasteiger partial charge in [-0.3, -0.25) is 0 Å². The Bertz CT molecular complexity index is 837. The summed E-state index contributed by atoms with van der Waals surface area (Å²) in [5.74, 6) is 0. The summed E-state index contributed by atoms with van der Waals surface area (Å²) in [4.78, 5) is 8.00. The summed E-state index contributed by atoms with van der Waals surface area (Å²) in [6.45, 7) is 226. The van der Waals surface area contributed by atoms with Crippen molar-refractivity contribution >= 4 is 35.3 Å². The van der Waals surface area contributed by atoms with E-state index in [-0.39, 0.29) is 73.3 Å². The SMILES string of the molecule is C=O.CB1OC(C)(C)C(C)(C)O1.CB1OC(C)(C)C(C)(C)O1.CB1OC(C)(C)C(C)(C)O1.CB1OC(C)(C)C(C)(C)O1.CC.CC.CC.CC.CC.CC.CC.CC.CC.CC.CC.CC.CC.CC.CC.CC.CC.CC.CC.CC.CC.CC.CC.CC.CC.CC.CC.CC.CC.CC.CC.CC.CCC.CCC.CCC.CCC.CCC.CCC.CCC.CCC.CCC.CCC.CCC.CCC.CCC. The fraction of sp³-hybridized carbons (Fsp3) is 0.992. The average Bonchev–Trinajstić information content (AvgIpc) is 1.68.